The Labute approximate surface area is 125 Å². The Balaban J connectivity index is 1.71. The van der Waals surface area contributed by atoms with Gasteiger partial charge in [-0.1, -0.05) is 42.5 Å². The van der Waals surface area contributed by atoms with Gasteiger partial charge in [-0.25, -0.2) is 0 Å². The third-order valence-electron chi connectivity index (χ3n) is 3.75. The minimum absolute atomic E-state index is 0.300. The standard InChI is InChI=1S/C18H21NO2/c1-14(15-7-3-2-4-8-15)19-13-16-9-5-10-17-18(16)21-12-6-11-20-17/h2-5,7-10,14,19H,6,11-13H2,1H3/t14-/m0/s1. The van der Waals surface area contributed by atoms with E-state index in [1.54, 1.807) is 0 Å². The summed E-state index contributed by atoms with van der Waals surface area (Å²) in [5, 5.41) is 3.55. The summed E-state index contributed by atoms with van der Waals surface area (Å²) in [6.07, 6.45) is 0.933. The lowest BCUT2D eigenvalue weighted by Gasteiger charge is -2.17. The molecule has 110 valence electrons. The van der Waals surface area contributed by atoms with E-state index in [4.69, 9.17) is 9.47 Å². The van der Waals surface area contributed by atoms with Crippen LogP contribution in [0.5, 0.6) is 11.5 Å². The van der Waals surface area contributed by atoms with Crippen LogP contribution in [-0.2, 0) is 6.54 Å². The van der Waals surface area contributed by atoms with Crippen LogP contribution in [0.4, 0.5) is 0 Å². The van der Waals surface area contributed by atoms with Gasteiger partial charge in [0.25, 0.3) is 0 Å². The van der Waals surface area contributed by atoms with Crippen molar-refractivity contribution in [2.75, 3.05) is 13.2 Å². The van der Waals surface area contributed by atoms with Crippen molar-refractivity contribution in [2.45, 2.75) is 25.9 Å². The van der Waals surface area contributed by atoms with Gasteiger partial charge in [-0.3, -0.25) is 0 Å². The molecule has 0 saturated carbocycles. The first-order valence-electron chi connectivity index (χ1n) is 7.50. The van der Waals surface area contributed by atoms with E-state index >= 15 is 0 Å². The molecule has 1 heterocycles. The van der Waals surface area contributed by atoms with Crippen molar-refractivity contribution in [2.24, 2.45) is 0 Å². The van der Waals surface area contributed by atoms with E-state index in [0.717, 1.165) is 43.2 Å². The maximum Gasteiger partial charge on any atom is 0.165 e. The van der Waals surface area contributed by atoms with Crippen LogP contribution in [0.25, 0.3) is 0 Å². The number of hydrogen-bond donors (Lipinski definition) is 1. The Kier molecular flexibility index (Phi) is 4.41. The maximum atomic E-state index is 5.85. The van der Waals surface area contributed by atoms with Gasteiger partial charge < -0.3 is 14.8 Å². The molecule has 0 saturated heterocycles. The second-order valence-corrected chi connectivity index (χ2v) is 5.31. The smallest absolute Gasteiger partial charge is 0.165 e. The molecule has 21 heavy (non-hydrogen) atoms. The van der Waals surface area contributed by atoms with Gasteiger partial charge in [0.05, 0.1) is 13.2 Å². The molecule has 3 nitrogen and oxygen atoms in total. The molecule has 0 unspecified atom stereocenters. The average Bonchev–Trinajstić information content (AvgIpc) is 2.79. The molecule has 0 spiro atoms. The minimum atomic E-state index is 0.300. The number of benzene rings is 2. The lowest BCUT2D eigenvalue weighted by atomic mass is 10.1. The van der Waals surface area contributed by atoms with Gasteiger partial charge in [0.15, 0.2) is 11.5 Å². The van der Waals surface area contributed by atoms with Gasteiger partial charge in [-0.2, -0.15) is 0 Å². The number of ether oxygens (including phenoxy) is 2. The van der Waals surface area contributed by atoms with E-state index in [0.29, 0.717) is 6.04 Å². The molecule has 0 bridgehead atoms. The molecular weight excluding hydrogens is 262 g/mol. The zero-order valence-corrected chi connectivity index (χ0v) is 12.3. The van der Waals surface area contributed by atoms with E-state index in [2.05, 4.69) is 42.6 Å². The summed E-state index contributed by atoms with van der Waals surface area (Å²) in [5.74, 6) is 1.75. The molecule has 3 heteroatoms. The van der Waals surface area contributed by atoms with Crippen molar-refractivity contribution in [3.05, 3.63) is 59.7 Å². The van der Waals surface area contributed by atoms with Gasteiger partial charge in [0, 0.05) is 24.6 Å². The van der Waals surface area contributed by atoms with Gasteiger partial charge >= 0.3 is 0 Å². The van der Waals surface area contributed by atoms with E-state index in [1.807, 2.05) is 18.2 Å². The second-order valence-electron chi connectivity index (χ2n) is 5.31. The average molecular weight is 283 g/mol. The molecule has 0 fully saturated rings. The highest BCUT2D eigenvalue weighted by Gasteiger charge is 2.15. The zero-order chi connectivity index (χ0) is 14.5. The molecule has 1 N–H and O–H groups in total. The molecule has 0 radical (unpaired) electrons. The maximum absolute atomic E-state index is 5.85. The summed E-state index contributed by atoms with van der Waals surface area (Å²) < 4.78 is 11.6. The molecular formula is C18H21NO2. The molecule has 1 aliphatic heterocycles. The summed E-state index contributed by atoms with van der Waals surface area (Å²) in [4.78, 5) is 0. The Hall–Kier alpha value is -2.00. The molecule has 2 aromatic carbocycles. The quantitative estimate of drug-likeness (QED) is 0.928. The van der Waals surface area contributed by atoms with E-state index < -0.39 is 0 Å². The second kappa shape index (κ2) is 6.64. The van der Waals surface area contributed by atoms with E-state index in [1.165, 1.54) is 5.56 Å². The number of fused-ring (bicyclic) bond motifs is 1. The van der Waals surface area contributed by atoms with Crippen LogP contribution in [0.15, 0.2) is 48.5 Å². The summed E-state index contributed by atoms with van der Waals surface area (Å²) in [5.41, 5.74) is 2.44. The molecule has 1 aliphatic rings. The normalized spacial score (nSPS) is 15.3. The molecule has 1 atom stereocenters. The van der Waals surface area contributed by atoms with Crippen molar-refractivity contribution in [3.63, 3.8) is 0 Å². The van der Waals surface area contributed by atoms with Crippen LogP contribution in [0.1, 0.15) is 30.5 Å². The van der Waals surface area contributed by atoms with Crippen LogP contribution in [-0.4, -0.2) is 13.2 Å². The fraction of sp³-hybridized carbons (Fsp3) is 0.333. The highest BCUT2D eigenvalue weighted by molar-refractivity contribution is 5.47. The van der Waals surface area contributed by atoms with Gasteiger partial charge in [-0.05, 0) is 18.6 Å². The van der Waals surface area contributed by atoms with Crippen LogP contribution >= 0.6 is 0 Å². The Morgan fingerprint density at radius 3 is 2.67 bits per heavy atom. The fourth-order valence-corrected chi connectivity index (χ4v) is 2.52. The van der Waals surface area contributed by atoms with E-state index in [-0.39, 0.29) is 0 Å². The zero-order valence-electron chi connectivity index (χ0n) is 12.3. The third kappa shape index (κ3) is 3.37. The van der Waals surface area contributed by atoms with E-state index in [9.17, 15) is 0 Å². The summed E-state index contributed by atoms with van der Waals surface area (Å²) in [6, 6.07) is 16.9. The van der Waals surface area contributed by atoms with Crippen molar-refractivity contribution >= 4 is 0 Å². The first-order chi connectivity index (χ1) is 10.3. The molecule has 0 aromatic heterocycles. The van der Waals surface area contributed by atoms with Crippen molar-refractivity contribution in [1.29, 1.82) is 0 Å². The molecule has 0 aliphatic carbocycles. The molecule has 0 amide bonds. The fourth-order valence-electron chi connectivity index (χ4n) is 2.52. The molecule has 2 aromatic rings. The topological polar surface area (TPSA) is 30.5 Å². The first-order valence-corrected chi connectivity index (χ1v) is 7.50. The van der Waals surface area contributed by atoms with Crippen LogP contribution < -0.4 is 14.8 Å². The van der Waals surface area contributed by atoms with Crippen molar-refractivity contribution < 1.29 is 9.47 Å². The Bertz CT molecular complexity index is 583. The third-order valence-corrected chi connectivity index (χ3v) is 3.75. The predicted octanol–water partition coefficient (Wildman–Crippen LogP) is 3.70. The Morgan fingerprint density at radius 1 is 1.00 bits per heavy atom. The first kappa shape index (κ1) is 14.0. The number of para-hydroxylation sites is 1. The van der Waals surface area contributed by atoms with Crippen LogP contribution in [0.3, 0.4) is 0 Å². The minimum Gasteiger partial charge on any atom is -0.490 e. The molecule has 3 rings (SSSR count). The SMILES string of the molecule is C[C@H](NCc1cccc2c1OCCCO2)c1ccccc1. The Morgan fingerprint density at radius 2 is 1.81 bits per heavy atom. The highest BCUT2D eigenvalue weighted by Crippen LogP contribution is 2.33. The van der Waals surface area contributed by atoms with Crippen LogP contribution in [0, 0.1) is 0 Å². The summed E-state index contributed by atoms with van der Waals surface area (Å²) in [7, 11) is 0. The lowest BCUT2D eigenvalue weighted by Crippen LogP contribution is -2.18. The summed E-state index contributed by atoms with van der Waals surface area (Å²) >= 11 is 0. The number of nitrogens with one attached hydrogen (secondary N) is 1. The predicted molar refractivity (Wildman–Crippen MR) is 83.7 cm³/mol. The number of rotatable bonds is 4. The largest absolute Gasteiger partial charge is 0.490 e. The lowest BCUT2D eigenvalue weighted by molar-refractivity contribution is 0.295. The summed E-state index contributed by atoms with van der Waals surface area (Å²) in [6.45, 7) is 4.39. The highest BCUT2D eigenvalue weighted by atomic mass is 16.5. The van der Waals surface area contributed by atoms with Crippen molar-refractivity contribution in [1.82, 2.24) is 5.32 Å². The number of hydrogen-bond acceptors (Lipinski definition) is 3. The van der Waals surface area contributed by atoms with Crippen LogP contribution in [0.2, 0.25) is 0 Å². The van der Waals surface area contributed by atoms with Gasteiger partial charge in [-0.15, -0.1) is 0 Å². The van der Waals surface area contributed by atoms with Crippen molar-refractivity contribution in [3.8, 4) is 11.5 Å². The van der Waals surface area contributed by atoms with Gasteiger partial charge in [0.2, 0.25) is 0 Å². The van der Waals surface area contributed by atoms with Gasteiger partial charge in [0.1, 0.15) is 0 Å². The monoisotopic (exact) mass is 283 g/mol.